The van der Waals surface area contributed by atoms with Crippen molar-refractivity contribution in [3.63, 3.8) is 0 Å². The summed E-state index contributed by atoms with van der Waals surface area (Å²) in [6.45, 7) is 5.37. The number of hydrogen-bond acceptors (Lipinski definition) is 6. The Kier molecular flexibility index (Phi) is 8.66. The third kappa shape index (κ3) is 7.22. The molecular formula is C21H30ClN7O2. The average molecular weight is 448 g/mol. The zero-order valence-corrected chi connectivity index (χ0v) is 18.8. The minimum Gasteiger partial charge on any atom is -0.355 e. The van der Waals surface area contributed by atoms with Gasteiger partial charge in [-0.2, -0.15) is 4.98 Å². The number of benzene rings is 1. The molecule has 9 nitrogen and oxygen atoms in total. The lowest BCUT2D eigenvalue weighted by molar-refractivity contribution is -0.122. The number of nitrogens with zero attached hydrogens (tertiary/aromatic N) is 4. The molecule has 1 fully saturated rings. The first-order valence-electron chi connectivity index (χ1n) is 10.6. The van der Waals surface area contributed by atoms with E-state index < -0.39 is 0 Å². The van der Waals surface area contributed by atoms with Crippen LogP contribution < -0.4 is 16.0 Å². The van der Waals surface area contributed by atoms with Gasteiger partial charge in [-0.25, -0.2) is 0 Å². The number of carbonyl (C=O) groups is 1. The Hall–Kier alpha value is -2.65. The Bertz CT molecular complexity index is 878. The van der Waals surface area contributed by atoms with Crippen LogP contribution in [0.2, 0.25) is 5.02 Å². The van der Waals surface area contributed by atoms with E-state index in [9.17, 15) is 4.79 Å². The maximum atomic E-state index is 11.9. The minimum absolute atomic E-state index is 0.0995. The highest BCUT2D eigenvalue weighted by molar-refractivity contribution is 6.30. The average Bonchev–Trinajstić information content (AvgIpc) is 3.25. The summed E-state index contributed by atoms with van der Waals surface area (Å²) in [5, 5.41) is 14.2. The zero-order chi connectivity index (χ0) is 22.1. The molecule has 3 N–H and O–H groups in total. The van der Waals surface area contributed by atoms with Crippen LogP contribution in [0, 0.1) is 0 Å². The highest BCUT2D eigenvalue weighted by Crippen LogP contribution is 2.19. The van der Waals surface area contributed by atoms with Crippen molar-refractivity contribution >= 4 is 23.5 Å². The lowest BCUT2D eigenvalue weighted by atomic mass is 10.1. The van der Waals surface area contributed by atoms with Gasteiger partial charge in [0.05, 0.1) is 13.1 Å². The second-order valence-corrected chi connectivity index (χ2v) is 7.93. The zero-order valence-electron chi connectivity index (χ0n) is 18.0. The van der Waals surface area contributed by atoms with E-state index in [-0.39, 0.29) is 5.91 Å². The van der Waals surface area contributed by atoms with E-state index in [0.717, 1.165) is 44.5 Å². The van der Waals surface area contributed by atoms with Crippen molar-refractivity contribution in [2.45, 2.75) is 38.8 Å². The molecular weight excluding hydrogens is 418 g/mol. The fourth-order valence-electron chi connectivity index (χ4n) is 3.38. The molecule has 1 aromatic heterocycles. The fraction of sp³-hybridized carbons (Fsp3) is 0.524. The number of nitrogens with one attached hydrogen (secondary N) is 3. The summed E-state index contributed by atoms with van der Waals surface area (Å²) in [5.41, 5.74) is 0.806. The first-order chi connectivity index (χ1) is 15.1. The van der Waals surface area contributed by atoms with Crippen LogP contribution >= 0.6 is 11.6 Å². The largest absolute Gasteiger partial charge is 0.355 e. The molecule has 168 valence electrons. The normalized spacial score (nSPS) is 15.6. The van der Waals surface area contributed by atoms with Gasteiger partial charge < -0.3 is 20.5 Å². The molecule has 10 heteroatoms. The predicted molar refractivity (Wildman–Crippen MR) is 121 cm³/mol. The molecule has 0 saturated carbocycles. The molecule has 31 heavy (non-hydrogen) atoms. The number of guanidine groups is 1. The van der Waals surface area contributed by atoms with Gasteiger partial charge in [0.2, 0.25) is 17.6 Å². The lowest BCUT2D eigenvalue weighted by Gasteiger charge is -2.32. The number of amides is 1. The Balaban J connectivity index is 1.42. The van der Waals surface area contributed by atoms with Gasteiger partial charge in [-0.3, -0.25) is 14.7 Å². The molecule has 0 atom stereocenters. The van der Waals surface area contributed by atoms with E-state index in [2.05, 4.69) is 42.9 Å². The topological polar surface area (TPSA) is 108 Å². The first kappa shape index (κ1) is 23.0. The third-order valence-corrected chi connectivity index (χ3v) is 5.28. The van der Waals surface area contributed by atoms with Gasteiger partial charge in [0.15, 0.2) is 5.96 Å². The van der Waals surface area contributed by atoms with Crippen LogP contribution in [0.4, 0.5) is 0 Å². The van der Waals surface area contributed by atoms with Crippen molar-refractivity contribution in [2.75, 3.05) is 33.2 Å². The SMILES string of the molecule is CCCNC(=O)CN1CCC(NC(=NC)NCc2nc(-c3cccc(Cl)c3)no2)CC1. The van der Waals surface area contributed by atoms with Gasteiger partial charge in [0.25, 0.3) is 0 Å². The molecule has 1 amide bonds. The molecule has 1 aliphatic heterocycles. The van der Waals surface area contributed by atoms with Crippen LogP contribution in [0.1, 0.15) is 32.1 Å². The van der Waals surface area contributed by atoms with Crippen LogP contribution in [0.5, 0.6) is 0 Å². The maximum Gasteiger partial charge on any atom is 0.246 e. The number of rotatable bonds is 8. The van der Waals surface area contributed by atoms with Crippen molar-refractivity contribution in [3.05, 3.63) is 35.2 Å². The molecule has 0 aliphatic carbocycles. The van der Waals surface area contributed by atoms with Gasteiger partial charge >= 0.3 is 0 Å². The van der Waals surface area contributed by atoms with Gasteiger partial charge in [0.1, 0.15) is 0 Å². The second kappa shape index (κ2) is 11.7. The van der Waals surface area contributed by atoms with Crippen LogP contribution in [-0.4, -0.2) is 66.2 Å². The summed E-state index contributed by atoms with van der Waals surface area (Å²) < 4.78 is 5.33. The maximum absolute atomic E-state index is 11.9. The minimum atomic E-state index is 0.0995. The van der Waals surface area contributed by atoms with Crippen LogP contribution in [-0.2, 0) is 11.3 Å². The highest BCUT2D eigenvalue weighted by atomic mass is 35.5. The third-order valence-electron chi connectivity index (χ3n) is 5.05. The number of halogens is 1. The van der Waals surface area contributed by atoms with Crippen LogP contribution in [0.25, 0.3) is 11.4 Å². The Morgan fingerprint density at radius 3 is 2.84 bits per heavy atom. The molecule has 2 heterocycles. The van der Waals surface area contributed by atoms with Gasteiger partial charge in [0, 0.05) is 43.3 Å². The van der Waals surface area contributed by atoms with E-state index in [0.29, 0.717) is 41.8 Å². The molecule has 1 saturated heterocycles. The molecule has 3 rings (SSSR count). The van der Waals surface area contributed by atoms with Crippen molar-refractivity contribution < 1.29 is 9.32 Å². The molecule has 0 bridgehead atoms. The Labute approximate surface area is 187 Å². The number of hydrogen-bond donors (Lipinski definition) is 3. The van der Waals surface area contributed by atoms with E-state index in [4.69, 9.17) is 16.1 Å². The number of likely N-dealkylation sites (tertiary alicyclic amines) is 1. The molecule has 0 radical (unpaired) electrons. The van der Waals surface area contributed by atoms with E-state index >= 15 is 0 Å². The second-order valence-electron chi connectivity index (χ2n) is 7.49. The molecule has 0 unspecified atom stereocenters. The van der Waals surface area contributed by atoms with Gasteiger partial charge in [-0.05, 0) is 31.4 Å². The summed E-state index contributed by atoms with van der Waals surface area (Å²) in [4.78, 5) is 22.8. The molecule has 2 aromatic rings. The van der Waals surface area contributed by atoms with Crippen LogP contribution in [0.15, 0.2) is 33.8 Å². The summed E-state index contributed by atoms with van der Waals surface area (Å²) >= 11 is 6.02. The number of aliphatic imine (C=N–C) groups is 1. The van der Waals surface area contributed by atoms with E-state index in [1.54, 1.807) is 19.2 Å². The summed E-state index contributed by atoms with van der Waals surface area (Å²) in [7, 11) is 1.73. The Morgan fingerprint density at radius 2 is 2.13 bits per heavy atom. The van der Waals surface area contributed by atoms with Gasteiger partial charge in [-0.1, -0.05) is 35.8 Å². The summed E-state index contributed by atoms with van der Waals surface area (Å²) in [5.74, 6) is 1.74. The van der Waals surface area contributed by atoms with Crippen molar-refractivity contribution in [3.8, 4) is 11.4 Å². The fourth-order valence-corrected chi connectivity index (χ4v) is 3.57. The predicted octanol–water partition coefficient (Wildman–Crippen LogP) is 2.05. The number of carbonyl (C=O) groups excluding carboxylic acids is 1. The molecule has 0 spiro atoms. The monoisotopic (exact) mass is 447 g/mol. The van der Waals surface area contributed by atoms with E-state index in [1.165, 1.54) is 0 Å². The molecule has 1 aliphatic rings. The van der Waals surface area contributed by atoms with Crippen molar-refractivity contribution in [1.29, 1.82) is 0 Å². The van der Waals surface area contributed by atoms with Crippen LogP contribution in [0.3, 0.4) is 0 Å². The lowest BCUT2D eigenvalue weighted by Crippen LogP contribution is -2.50. The van der Waals surface area contributed by atoms with Crippen molar-refractivity contribution in [1.82, 2.24) is 31.0 Å². The highest BCUT2D eigenvalue weighted by Gasteiger charge is 2.21. The standard InChI is InChI=1S/C21H30ClN7O2/c1-3-9-24-18(30)14-29-10-7-17(8-11-29)26-21(23-2)25-13-19-27-20(28-31-19)15-5-4-6-16(22)12-15/h4-6,12,17H,3,7-11,13-14H2,1-2H3,(H,24,30)(H2,23,25,26). The number of aromatic nitrogens is 2. The van der Waals surface area contributed by atoms with E-state index in [1.807, 2.05) is 12.1 Å². The molecule has 1 aromatic carbocycles. The smallest absolute Gasteiger partial charge is 0.246 e. The summed E-state index contributed by atoms with van der Waals surface area (Å²) in [6.07, 6.45) is 2.85. The first-order valence-corrected chi connectivity index (χ1v) is 11.0. The summed E-state index contributed by atoms with van der Waals surface area (Å²) in [6, 6.07) is 7.62. The quantitative estimate of drug-likeness (QED) is 0.419. The number of piperidine rings is 1. The van der Waals surface area contributed by atoms with Gasteiger partial charge in [-0.15, -0.1) is 0 Å². The Morgan fingerprint density at radius 1 is 1.32 bits per heavy atom. The van der Waals surface area contributed by atoms with Crippen molar-refractivity contribution in [2.24, 2.45) is 4.99 Å².